The van der Waals surface area contributed by atoms with Gasteiger partial charge in [-0.05, 0) is 24.8 Å². The molecule has 1 N–H and O–H groups in total. The highest BCUT2D eigenvalue weighted by molar-refractivity contribution is 7.98. The van der Waals surface area contributed by atoms with E-state index in [0.717, 1.165) is 10.5 Å². The Morgan fingerprint density at radius 1 is 1.54 bits per heavy atom. The predicted molar refractivity (Wildman–Crippen MR) is 54.9 cm³/mol. The molecule has 0 aliphatic carbocycles. The molecule has 1 rings (SSSR count). The van der Waals surface area contributed by atoms with Crippen molar-refractivity contribution in [3.8, 4) is 0 Å². The molecule has 0 saturated heterocycles. The minimum atomic E-state index is -0.986. The largest absolute Gasteiger partial charge is 0.478 e. The first-order valence-corrected chi connectivity index (χ1v) is 5.24. The van der Waals surface area contributed by atoms with Crippen molar-refractivity contribution < 1.29 is 9.90 Å². The second kappa shape index (κ2) is 4.03. The zero-order valence-electron chi connectivity index (χ0n) is 7.30. The van der Waals surface area contributed by atoms with E-state index in [1.54, 1.807) is 6.07 Å². The molecule has 0 heterocycles. The number of rotatable bonds is 2. The van der Waals surface area contributed by atoms with E-state index < -0.39 is 5.97 Å². The number of carboxylic acid groups (broad SMARTS) is 1. The zero-order chi connectivity index (χ0) is 10.0. The Balaban J connectivity index is 3.35. The van der Waals surface area contributed by atoms with Gasteiger partial charge in [-0.1, -0.05) is 17.7 Å². The zero-order valence-corrected chi connectivity index (χ0v) is 8.87. The summed E-state index contributed by atoms with van der Waals surface area (Å²) in [4.78, 5) is 11.5. The van der Waals surface area contributed by atoms with Crippen LogP contribution in [-0.2, 0) is 0 Å². The van der Waals surface area contributed by atoms with E-state index in [1.165, 1.54) is 17.8 Å². The van der Waals surface area contributed by atoms with Crippen molar-refractivity contribution in [1.29, 1.82) is 0 Å². The van der Waals surface area contributed by atoms with Gasteiger partial charge in [0.25, 0.3) is 0 Å². The van der Waals surface area contributed by atoms with Crippen LogP contribution in [0.5, 0.6) is 0 Å². The number of carbonyl (C=O) groups is 1. The molecule has 0 amide bonds. The van der Waals surface area contributed by atoms with Gasteiger partial charge >= 0.3 is 5.97 Å². The second-order valence-electron chi connectivity index (χ2n) is 2.58. The fourth-order valence-corrected chi connectivity index (χ4v) is 2.27. The molecule has 0 aromatic heterocycles. The Morgan fingerprint density at radius 3 is 2.62 bits per heavy atom. The Hall–Kier alpha value is -0.670. The minimum absolute atomic E-state index is 0.164. The number of aryl methyl sites for hydroxylation is 1. The summed E-state index contributed by atoms with van der Waals surface area (Å²) in [6.07, 6.45) is 1.87. The van der Waals surface area contributed by atoms with Crippen molar-refractivity contribution in [2.24, 2.45) is 0 Å². The number of aromatic carboxylic acids is 1. The third-order valence-electron chi connectivity index (χ3n) is 1.73. The Bertz CT molecular complexity index is 350. The van der Waals surface area contributed by atoms with Gasteiger partial charge in [0.15, 0.2) is 0 Å². The lowest BCUT2D eigenvalue weighted by molar-refractivity contribution is 0.0697. The molecule has 4 heteroatoms. The standard InChI is InChI=1S/C9H9ClO2S/c1-5-3-4-6(9(11)12)7(10)8(5)13-2/h3-4H,1-2H3,(H,11,12). The molecule has 0 atom stereocenters. The Labute approximate surface area is 85.9 Å². The van der Waals surface area contributed by atoms with Crippen LogP contribution in [0.15, 0.2) is 17.0 Å². The SMILES string of the molecule is CSc1c(C)ccc(C(=O)O)c1Cl. The molecular formula is C9H9ClO2S. The summed E-state index contributed by atoms with van der Waals surface area (Å²) in [5.41, 5.74) is 1.17. The maximum atomic E-state index is 10.7. The molecule has 1 aromatic carbocycles. The van der Waals surface area contributed by atoms with Crippen molar-refractivity contribution in [2.75, 3.05) is 6.26 Å². The molecule has 0 fully saturated rings. The minimum Gasteiger partial charge on any atom is -0.478 e. The smallest absolute Gasteiger partial charge is 0.337 e. The van der Waals surface area contributed by atoms with Gasteiger partial charge in [-0.3, -0.25) is 0 Å². The third kappa shape index (κ3) is 1.98. The fourth-order valence-electron chi connectivity index (χ4n) is 1.07. The van der Waals surface area contributed by atoms with Gasteiger partial charge in [0.1, 0.15) is 0 Å². The van der Waals surface area contributed by atoms with E-state index in [9.17, 15) is 4.79 Å². The van der Waals surface area contributed by atoms with Gasteiger partial charge in [-0.15, -0.1) is 11.8 Å². The number of hydrogen-bond acceptors (Lipinski definition) is 2. The number of thioether (sulfide) groups is 1. The van der Waals surface area contributed by atoms with Gasteiger partial charge < -0.3 is 5.11 Å². The molecule has 1 aromatic rings. The third-order valence-corrected chi connectivity index (χ3v) is 3.17. The molecule has 0 bridgehead atoms. The van der Waals surface area contributed by atoms with Crippen molar-refractivity contribution in [3.05, 3.63) is 28.3 Å². The first-order valence-electron chi connectivity index (χ1n) is 3.64. The van der Waals surface area contributed by atoms with Gasteiger partial charge in [0, 0.05) is 4.90 Å². The van der Waals surface area contributed by atoms with Crippen LogP contribution >= 0.6 is 23.4 Å². The molecule has 70 valence electrons. The van der Waals surface area contributed by atoms with Crippen molar-refractivity contribution in [2.45, 2.75) is 11.8 Å². The quantitative estimate of drug-likeness (QED) is 0.772. The van der Waals surface area contributed by atoms with E-state index in [0.29, 0.717) is 5.02 Å². The number of hydrogen-bond donors (Lipinski definition) is 1. The topological polar surface area (TPSA) is 37.3 Å². The second-order valence-corrected chi connectivity index (χ2v) is 3.78. The maximum Gasteiger partial charge on any atom is 0.337 e. The summed E-state index contributed by atoms with van der Waals surface area (Å²) in [5.74, 6) is -0.986. The molecule has 13 heavy (non-hydrogen) atoms. The first-order chi connectivity index (χ1) is 6.07. The summed E-state index contributed by atoms with van der Waals surface area (Å²) in [6, 6.07) is 3.29. The lowest BCUT2D eigenvalue weighted by Crippen LogP contribution is -1.98. The average Bonchev–Trinajstić information content (AvgIpc) is 2.04. The van der Waals surface area contributed by atoms with Gasteiger partial charge in [-0.2, -0.15) is 0 Å². The number of halogens is 1. The number of benzene rings is 1. The van der Waals surface area contributed by atoms with Crippen LogP contribution in [-0.4, -0.2) is 17.3 Å². The van der Waals surface area contributed by atoms with E-state index in [2.05, 4.69) is 0 Å². The number of carboxylic acids is 1. The fraction of sp³-hybridized carbons (Fsp3) is 0.222. The van der Waals surface area contributed by atoms with Gasteiger partial charge in [0.2, 0.25) is 0 Å². The van der Waals surface area contributed by atoms with Crippen LogP contribution in [0.4, 0.5) is 0 Å². The highest BCUT2D eigenvalue weighted by Crippen LogP contribution is 2.31. The molecule has 0 unspecified atom stereocenters. The monoisotopic (exact) mass is 216 g/mol. The van der Waals surface area contributed by atoms with E-state index in [-0.39, 0.29) is 5.56 Å². The molecule has 0 saturated carbocycles. The summed E-state index contributed by atoms with van der Waals surface area (Å²) in [6.45, 7) is 1.91. The van der Waals surface area contributed by atoms with Crippen molar-refractivity contribution in [1.82, 2.24) is 0 Å². The van der Waals surface area contributed by atoms with E-state index in [1.807, 2.05) is 13.2 Å². The van der Waals surface area contributed by atoms with Gasteiger partial charge in [-0.25, -0.2) is 4.79 Å². The first kappa shape index (κ1) is 10.4. The van der Waals surface area contributed by atoms with Crippen LogP contribution in [0.1, 0.15) is 15.9 Å². The molecule has 0 spiro atoms. The van der Waals surface area contributed by atoms with Crippen LogP contribution in [0.25, 0.3) is 0 Å². The molecule has 0 aliphatic heterocycles. The summed E-state index contributed by atoms with van der Waals surface area (Å²) < 4.78 is 0. The lowest BCUT2D eigenvalue weighted by atomic mass is 10.1. The lowest BCUT2D eigenvalue weighted by Gasteiger charge is -2.07. The Kier molecular flexibility index (Phi) is 3.22. The highest BCUT2D eigenvalue weighted by atomic mass is 35.5. The molecule has 0 radical (unpaired) electrons. The normalized spacial score (nSPS) is 10.1. The van der Waals surface area contributed by atoms with Crippen molar-refractivity contribution in [3.63, 3.8) is 0 Å². The highest BCUT2D eigenvalue weighted by Gasteiger charge is 2.13. The molecule has 2 nitrogen and oxygen atoms in total. The van der Waals surface area contributed by atoms with Crippen LogP contribution < -0.4 is 0 Å². The van der Waals surface area contributed by atoms with Crippen LogP contribution in [0, 0.1) is 6.92 Å². The molecule has 0 aliphatic rings. The summed E-state index contributed by atoms with van der Waals surface area (Å²) in [5, 5.41) is 9.12. The summed E-state index contributed by atoms with van der Waals surface area (Å²) >= 11 is 7.37. The van der Waals surface area contributed by atoms with Crippen LogP contribution in [0.2, 0.25) is 5.02 Å². The Morgan fingerprint density at radius 2 is 2.15 bits per heavy atom. The maximum absolute atomic E-state index is 10.7. The predicted octanol–water partition coefficient (Wildman–Crippen LogP) is 3.07. The average molecular weight is 217 g/mol. The van der Waals surface area contributed by atoms with Crippen molar-refractivity contribution >= 4 is 29.3 Å². The van der Waals surface area contributed by atoms with Gasteiger partial charge in [0.05, 0.1) is 10.6 Å². The van der Waals surface area contributed by atoms with E-state index >= 15 is 0 Å². The van der Waals surface area contributed by atoms with Crippen LogP contribution in [0.3, 0.4) is 0 Å². The van der Waals surface area contributed by atoms with E-state index in [4.69, 9.17) is 16.7 Å². The molecular weight excluding hydrogens is 208 g/mol. The summed E-state index contributed by atoms with van der Waals surface area (Å²) in [7, 11) is 0.